The molecular weight excluding hydrogens is 395 g/mol. The van der Waals surface area contributed by atoms with Gasteiger partial charge in [-0.25, -0.2) is 19.3 Å². The standard InChI is InChI=1S/C22H17FN8/c1-12-15(23)2-3-18(27-12)21-14(10-26-30-21)16-4-5-17-19(28-16)8-13(9-25-17)20-11-31-7-6-24-22(31)29-20/h2-5,8-11H,6-7H2,1H3,(H,24,29)(H,26,30). The van der Waals surface area contributed by atoms with Gasteiger partial charge in [-0.3, -0.25) is 10.1 Å². The second-order valence-corrected chi connectivity index (χ2v) is 7.44. The van der Waals surface area contributed by atoms with Gasteiger partial charge in [0.1, 0.15) is 11.5 Å². The number of aromatic nitrogens is 7. The zero-order chi connectivity index (χ0) is 20.9. The summed E-state index contributed by atoms with van der Waals surface area (Å²) in [5.41, 5.74) is 6.37. The molecule has 1 aliphatic heterocycles. The quantitative estimate of drug-likeness (QED) is 0.468. The minimum atomic E-state index is -0.344. The number of halogens is 1. The molecule has 0 unspecified atom stereocenters. The molecule has 5 aromatic heterocycles. The second-order valence-electron chi connectivity index (χ2n) is 7.44. The Morgan fingerprint density at radius 1 is 1.00 bits per heavy atom. The van der Waals surface area contributed by atoms with Gasteiger partial charge in [0.05, 0.1) is 33.8 Å². The van der Waals surface area contributed by atoms with E-state index in [0.717, 1.165) is 52.6 Å². The molecule has 0 saturated carbocycles. The number of hydrogen-bond donors (Lipinski definition) is 2. The Kier molecular flexibility index (Phi) is 3.82. The van der Waals surface area contributed by atoms with Crippen LogP contribution in [0.15, 0.2) is 48.9 Å². The lowest BCUT2D eigenvalue weighted by Gasteiger charge is -2.06. The van der Waals surface area contributed by atoms with E-state index in [0.29, 0.717) is 17.1 Å². The predicted octanol–water partition coefficient (Wildman–Crippen LogP) is 3.82. The van der Waals surface area contributed by atoms with Gasteiger partial charge >= 0.3 is 0 Å². The SMILES string of the molecule is Cc1nc(-c2n[nH]cc2-c2ccc3ncc(-c4cn5c(n4)NCC5)cc3n2)ccc1F. The lowest BCUT2D eigenvalue weighted by molar-refractivity contribution is 0.610. The molecule has 1 aliphatic rings. The molecule has 31 heavy (non-hydrogen) atoms. The summed E-state index contributed by atoms with van der Waals surface area (Å²) in [6.45, 7) is 3.44. The highest BCUT2D eigenvalue weighted by Crippen LogP contribution is 2.30. The molecule has 0 radical (unpaired) electrons. The van der Waals surface area contributed by atoms with E-state index in [4.69, 9.17) is 4.98 Å². The fraction of sp³-hybridized carbons (Fsp3) is 0.136. The maximum Gasteiger partial charge on any atom is 0.203 e. The molecule has 0 aromatic carbocycles. The third kappa shape index (κ3) is 2.93. The van der Waals surface area contributed by atoms with E-state index in [9.17, 15) is 4.39 Å². The van der Waals surface area contributed by atoms with Crippen LogP contribution in [0.2, 0.25) is 0 Å². The van der Waals surface area contributed by atoms with Gasteiger partial charge in [0.2, 0.25) is 5.95 Å². The fourth-order valence-electron chi connectivity index (χ4n) is 3.81. The molecule has 5 aromatic rings. The first-order chi connectivity index (χ1) is 15.2. The number of fused-ring (bicyclic) bond motifs is 2. The van der Waals surface area contributed by atoms with Crippen LogP contribution < -0.4 is 5.32 Å². The van der Waals surface area contributed by atoms with Crippen molar-refractivity contribution >= 4 is 17.0 Å². The summed E-state index contributed by atoms with van der Waals surface area (Å²) < 4.78 is 15.7. The third-order valence-electron chi connectivity index (χ3n) is 5.43. The van der Waals surface area contributed by atoms with Crippen LogP contribution in [0.25, 0.3) is 44.9 Å². The topological polar surface area (TPSA) is 97.2 Å². The van der Waals surface area contributed by atoms with Crippen molar-refractivity contribution in [3.63, 3.8) is 0 Å². The summed E-state index contributed by atoms with van der Waals surface area (Å²) in [5, 5.41) is 10.5. The number of anilines is 1. The Labute approximate surface area is 176 Å². The lowest BCUT2D eigenvalue weighted by atomic mass is 10.1. The van der Waals surface area contributed by atoms with E-state index in [1.807, 2.05) is 30.6 Å². The first-order valence-electron chi connectivity index (χ1n) is 9.91. The zero-order valence-corrected chi connectivity index (χ0v) is 16.6. The molecule has 9 heteroatoms. The number of imidazole rings is 1. The minimum Gasteiger partial charge on any atom is -0.354 e. The average Bonchev–Trinajstić information content (AvgIpc) is 3.51. The molecule has 6 rings (SSSR count). The van der Waals surface area contributed by atoms with Crippen molar-refractivity contribution in [1.29, 1.82) is 0 Å². The highest BCUT2D eigenvalue weighted by atomic mass is 19.1. The summed E-state index contributed by atoms with van der Waals surface area (Å²) >= 11 is 0. The first-order valence-corrected chi connectivity index (χ1v) is 9.91. The van der Waals surface area contributed by atoms with Crippen molar-refractivity contribution in [2.75, 3.05) is 11.9 Å². The Bertz CT molecular complexity index is 1430. The molecule has 0 amide bonds. The summed E-state index contributed by atoms with van der Waals surface area (Å²) in [6.07, 6.45) is 5.61. The minimum absolute atomic E-state index is 0.327. The summed E-state index contributed by atoms with van der Waals surface area (Å²) in [5.74, 6) is 0.533. The summed E-state index contributed by atoms with van der Waals surface area (Å²) in [4.78, 5) is 18.3. The van der Waals surface area contributed by atoms with E-state index >= 15 is 0 Å². The van der Waals surface area contributed by atoms with E-state index in [-0.39, 0.29) is 5.82 Å². The highest BCUT2D eigenvalue weighted by Gasteiger charge is 2.17. The second kappa shape index (κ2) is 6.69. The van der Waals surface area contributed by atoms with Crippen molar-refractivity contribution in [2.45, 2.75) is 13.5 Å². The maximum absolute atomic E-state index is 13.6. The molecular formula is C22H17FN8. The van der Waals surface area contributed by atoms with Crippen molar-refractivity contribution in [3.05, 3.63) is 60.4 Å². The molecule has 2 N–H and O–H groups in total. The number of aryl methyl sites for hydroxylation is 1. The molecule has 0 saturated heterocycles. The summed E-state index contributed by atoms with van der Waals surface area (Å²) in [6, 6.07) is 8.83. The number of rotatable bonds is 3. The summed E-state index contributed by atoms with van der Waals surface area (Å²) in [7, 11) is 0. The van der Waals surface area contributed by atoms with Crippen molar-refractivity contribution in [1.82, 2.24) is 34.7 Å². The van der Waals surface area contributed by atoms with Crippen LogP contribution in [0.3, 0.4) is 0 Å². The van der Waals surface area contributed by atoms with Crippen molar-refractivity contribution < 1.29 is 4.39 Å². The van der Waals surface area contributed by atoms with Crippen molar-refractivity contribution in [2.24, 2.45) is 0 Å². The van der Waals surface area contributed by atoms with E-state index < -0.39 is 0 Å². The van der Waals surface area contributed by atoms with Crippen LogP contribution in [-0.4, -0.2) is 41.2 Å². The van der Waals surface area contributed by atoms with Crippen LogP contribution in [0.1, 0.15) is 5.69 Å². The van der Waals surface area contributed by atoms with Gasteiger partial charge in [0.25, 0.3) is 0 Å². The van der Waals surface area contributed by atoms with Gasteiger partial charge in [0.15, 0.2) is 0 Å². The molecule has 0 atom stereocenters. The smallest absolute Gasteiger partial charge is 0.203 e. The first kappa shape index (κ1) is 17.7. The van der Waals surface area contributed by atoms with Gasteiger partial charge in [-0.2, -0.15) is 5.10 Å². The van der Waals surface area contributed by atoms with Crippen LogP contribution in [0.4, 0.5) is 10.3 Å². The van der Waals surface area contributed by atoms with Gasteiger partial charge in [-0.1, -0.05) is 0 Å². The van der Waals surface area contributed by atoms with Crippen LogP contribution in [0, 0.1) is 12.7 Å². The fourth-order valence-corrected chi connectivity index (χ4v) is 3.81. The van der Waals surface area contributed by atoms with Crippen LogP contribution in [0.5, 0.6) is 0 Å². The maximum atomic E-state index is 13.6. The number of aromatic amines is 1. The third-order valence-corrected chi connectivity index (χ3v) is 5.43. The van der Waals surface area contributed by atoms with Gasteiger partial charge in [-0.15, -0.1) is 0 Å². The Balaban J connectivity index is 1.43. The van der Waals surface area contributed by atoms with E-state index in [2.05, 4.69) is 35.0 Å². The Morgan fingerprint density at radius 2 is 1.90 bits per heavy atom. The molecule has 0 fully saturated rings. The lowest BCUT2D eigenvalue weighted by Crippen LogP contribution is -1.95. The van der Waals surface area contributed by atoms with Gasteiger partial charge in [-0.05, 0) is 37.3 Å². The zero-order valence-electron chi connectivity index (χ0n) is 16.6. The number of pyridine rings is 3. The molecule has 6 heterocycles. The Morgan fingerprint density at radius 3 is 2.77 bits per heavy atom. The molecule has 0 spiro atoms. The highest BCUT2D eigenvalue weighted by molar-refractivity contribution is 5.84. The van der Waals surface area contributed by atoms with Gasteiger partial charge in [0, 0.05) is 42.8 Å². The van der Waals surface area contributed by atoms with Crippen LogP contribution >= 0.6 is 0 Å². The molecule has 152 valence electrons. The monoisotopic (exact) mass is 412 g/mol. The number of hydrogen-bond acceptors (Lipinski definition) is 6. The predicted molar refractivity (Wildman–Crippen MR) is 115 cm³/mol. The largest absolute Gasteiger partial charge is 0.354 e. The number of nitrogens with one attached hydrogen (secondary N) is 2. The van der Waals surface area contributed by atoms with Gasteiger partial charge < -0.3 is 9.88 Å². The molecule has 0 bridgehead atoms. The molecule has 0 aliphatic carbocycles. The average molecular weight is 412 g/mol. The van der Waals surface area contributed by atoms with E-state index in [1.54, 1.807) is 19.2 Å². The number of nitrogens with zero attached hydrogens (tertiary/aromatic N) is 6. The van der Waals surface area contributed by atoms with E-state index in [1.165, 1.54) is 6.07 Å². The number of H-pyrrole nitrogens is 1. The molecule has 8 nitrogen and oxygen atoms in total. The van der Waals surface area contributed by atoms with Crippen molar-refractivity contribution in [3.8, 4) is 33.9 Å². The van der Waals surface area contributed by atoms with Crippen LogP contribution in [-0.2, 0) is 6.54 Å². The normalized spacial score (nSPS) is 12.8. The Hall–Kier alpha value is -4.14.